The van der Waals surface area contributed by atoms with Crippen molar-refractivity contribution in [1.29, 1.82) is 0 Å². The number of nitrogens with zero attached hydrogens (tertiary/aromatic N) is 2. The summed E-state index contributed by atoms with van der Waals surface area (Å²) in [5, 5.41) is 7.83. The molecule has 2 aliphatic rings. The summed E-state index contributed by atoms with van der Waals surface area (Å²) in [4.78, 5) is 5.21. The van der Waals surface area contributed by atoms with Crippen LogP contribution in [0.25, 0.3) is 54.6 Å². The maximum atomic E-state index is 2.60. The molecule has 90 heavy (non-hydrogen) atoms. The Morgan fingerprint density at radius 2 is 0.556 bits per heavy atom. The van der Waals surface area contributed by atoms with Gasteiger partial charge in [-0.25, -0.2) is 0 Å². The smallest absolute Gasteiger partial charge is 0.0713 e. The molecule has 0 unspecified atom stereocenters. The molecule has 0 aliphatic heterocycles. The van der Waals surface area contributed by atoms with Crippen LogP contribution in [-0.2, 0) is 23.7 Å². The van der Waals surface area contributed by atoms with Crippen molar-refractivity contribution in [2.45, 2.75) is 78.1 Å². The van der Waals surface area contributed by atoms with E-state index >= 15 is 0 Å². The Kier molecular flexibility index (Phi) is 13.3. The van der Waals surface area contributed by atoms with Gasteiger partial charge in [0.2, 0.25) is 0 Å². The molecule has 2 heteroatoms. The lowest BCUT2D eigenvalue weighted by atomic mass is 9.67. The highest BCUT2D eigenvalue weighted by Crippen LogP contribution is 2.60. The van der Waals surface area contributed by atoms with Crippen LogP contribution in [0.2, 0.25) is 0 Å². The molecule has 16 rings (SSSR count). The molecule has 0 fully saturated rings. The summed E-state index contributed by atoms with van der Waals surface area (Å²) in [5.41, 5.74) is 29.3. The Labute approximate surface area is 530 Å². The fraction of sp³-hybridized carbons (Fsp3) is 0.136. The van der Waals surface area contributed by atoms with Crippen LogP contribution in [0, 0.1) is 27.7 Å². The van der Waals surface area contributed by atoms with Crippen molar-refractivity contribution in [2.24, 2.45) is 0 Å². The topological polar surface area (TPSA) is 6.48 Å². The normalized spacial score (nSPS) is 13.4. The quantitative estimate of drug-likeness (QED) is 0.100. The number of aryl methyl sites for hydroxylation is 6. The second kappa shape index (κ2) is 21.8. The van der Waals surface area contributed by atoms with Crippen molar-refractivity contribution in [2.75, 3.05) is 9.80 Å². The van der Waals surface area contributed by atoms with Gasteiger partial charge in [-0.15, -0.1) is 0 Å². The minimum Gasteiger partial charge on any atom is -0.309 e. The third-order valence-electron chi connectivity index (χ3n) is 20.2. The Morgan fingerprint density at radius 3 is 0.867 bits per heavy atom. The molecule has 0 radical (unpaired) electrons. The van der Waals surface area contributed by atoms with Gasteiger partial charge in [-0.1, -0.05) is 269 Å². The molecule has 0 amide bonds. The van der Waals surface area contributed by atoms with Crippen LogP contribution in [0.5, 0.6) is 0 Å². The Balaban J connectivity index is 0.933. The van der Waals surface area contributed by atoms with Crippen molar-refractivity contribution < 1.29 is 0 Å². The molecule has 2 aliphatic carbocycles. The molecule has 14 aromatic carbocycles. The van der Waals surface area contributed by atoms with Crippen molar-refractivity contribution in [3.05, 3.63) is 357 Å². The fourth-order valence-electron chi connectivity index (χ4n) is 16.8. The molecule has 434 valence electrons. The maximum Gasteiger partial charge on any atom is 0.0713 e. The van der Waals surface area contributed by atoms with E-state index in [-0.39, 0.29) is 0 Å². The van der Waals surface area contributed by atoms with Crippen molar-refractivity contribution in [1.82, 2.24) is 0 Å². The first-order valence-electron chi connectivity index (χ1n) is 32.5. The molecule has 0 saturated carbocycles. The van der Waals surface area contributed by atoms with Crippen LogP contribution in [0.3, 0.4) is 0 Å². The molecule has 0 atom stereocenters. The van der Waals surface area contributed by atoms with Crippen LogP contribution >= 0.6 is 0 Å². The average molecular weight is 1160 g/mol. The molecule has 0 N–H and O–H groups in total. The zero-order chi connectivity index (χ0) is 60.8. The molecule has 2 nitrogen and oxygen atoms in total. The summed E-state index contributed by atoms with van der Waals surface area (Å²) < 4.78 is 0. The van der Waals surface area contributed by atoms with E-state index in [4.69, 9.17) is 0 Å². The van der Waals surface area contributed by atoms with E-state index in [0.717, 1.165) is 37.1 Å². The van der Waals surface area contributed by atoms with Crippen molar-refractivity contribution in [3.8, 4) is 22.3 Å². The van der Waals surface area contributed by atoms with Crippen LogP contribution in [-0.4, -0.2) is 0 Å². The second-order valence-corrected chi connectivity index (χ2v) is 25.4. The highest BCUT2D eigenvalue weighted by atomic mass is 15.2. The fourth-order valence-corrected chi connectivity index (χ4v) is 16.8. The zero-order valence-electron chi connectivity index (χ0n) is 52.3. The predicted octanol–water partition coefficient (Wildman–Crippen LogP) is 23.4. The number of hydrogen-bond donors (Lipinski definition) is 0. The first-order valence-corrected chi connectivity index (χ1v) is 32.5. The van der Waals surface area contributed by atoms with Gasteiger partial charge >= 0.3 is 0 Å². The number of rotatable bonds is 14. The van der Waals surface area contributed by atoms with Gasteiger partial charge in [0.05, 0.1) is 33.6 Å². The molecule has 0 spiro atoms. The van der Waals surface area contributed by atoms with Gasteiger partial charge in [0.15, 0.2) is 0 Å². The van der Waals surface area contributed by atoms with Gasteiger partial charge in [0, 0.05) is 22.1 Å². The van der Waals surface area contributed by atoms with Gasteiger partial charge < -0.3 is 9.80 Å². The standard InChI is InChI=1S/C88H72N2/c1-7-29-61-55-81(89(67-35-17-11-18-36-67)85-57(3)51-65(52-58(85)4)87(63-31-13-9-14-32-63)77-43-25-21-39-71(77)72-40-22-26-44-78(72)87)75-50-48-70-62(30-8-2)56-82(76-49-47-69(61)83(75)84(70)76)90(68-37-19-12-20-38-68)86-59(5)53-66(54-60(86)6)88(64-33-15-10-16-34-64)79-45-27-23-41-73(79)74-42-24-28-46-80(74)88/h9-28,31-56H,7-8,29-30H2,1-6H3. The first kappa shape index (κ1) is 55.1. The summed E-state index contributed by atoms with van der Waals surface area (Å²) in [6.07, 6.45) is 3.96. The zero-order valence-corrected chi connectivity index (χ0v) is 52.3. The SMILES string of the molecule is CCCc1cc(N(c2ccccc2)c2c(C)cc(C3(c4ccccc4)c4ccccc4-c4ccccc43)cc2C)c2ccc3c(CCC)cc(N(c4ccccc4)c4c(C)cc(C5(c6ccccc6)c6ccccc6-c6ccccc65)cc4C)c4ccc1c2c34. The molecule has 14 aromatic rings. The molecule has 0 saturated heterocycles. The van der Waals surface area contributed by atoms with Crippen molar-refractivity contribution >= 4 is 66.4 Å². The van der Waals surface area contributed by atoms with Crippen LogP contribution in [0.4, 0.5) is 34.1 Å². The van der Waals surface area contributed by atoms with E-state index in [0.29, 0.717) is 0 Å². The van der Waals surface area contributed by atoms with Crippen LogP contribution < -0.4 is 9.80 Å². The summed E-state index contributed by atoms with van der Waals surface area (Å²) in [6, 6.07) is 106. The molecule has 0 bridgehead atoms. The number of benzene rings is 14. The van der Waals surface area contributed by atoms with E-state index in [1.54, 1.807) is 0 Å². The predicted molar refractivity (Wildman–Crippen MR) is 381 cm³/mol. The minimum absolute atomic E-state index is 0.513. The van der Waals surface area contributed by atoms with Crippen LogP contribution in [0.1, 0.15) is 105 Å². The second-order valence-electron chi connectivity index (χ2n) is 25.4. The van der Waals surface area contributed by atoms with Crippen molar-refractivity contribution in [3.63, 3.8) is 0 Å². The third-order valence-corrected chi connectivity index (χ3v) is 20.2. The highest BCUT2D eigenvalue weighted by Gasteiger charge is 2.48. The average Bonchev–Trinajstić information content (AvgIpc) is 1.40. The minimum atomic E-state index is -0.513. The van der Waals surface area contributed by atoms with E-state index < -0.39 is 10.8 Å². The summed E-state index contributed by atoms with van der Waals surface area (Å²) >= 11 is 0. The summed E-state index contributed by atoms with van der Waals surface area (Å²) in [7, 11) is 0. The lowest BCUT2D eigenvalue weighted by Gasteiger charge is -2.37. The van der Waals surface area contributed by atoms with Gasteiger partial charge in [0.1, 0.15) is 0 Å². The third kappa shape index (κ3) is 8.10. The van der Waals surface area contributed by atoms with E-state index in [9.17, 15) is 0 Å². The van der Waals surface area contributed by atoms with Gasteiger partial charge in [-0.3, -0.25) is 0 Å². The van der Waals surface area contributed by atoms with Gasteiger partial charge in [-0.05, 0) is 199 Å². The lowest BCUT2D eigenvalue weighted by Crippen LogP contribution is -2.29. The summed E-state index contributed by atoms with van der Waals surface area (Å²) in [5.74, 6) is 0. The maximum absolute atomic E-state index is 2.60. The van der Waals surface area contributed by atoms with E-state index in [1.807, 2.05) is 0 Å². The number of hydrogen-bond acceptors (Lipinski definition) is 2. The molecular weight excluding hydrogens is 1080 g/mol. The Hall–Kier alpha value is -10.3. The van der Waals surface area contributed by atoms with E-state index in [1.165, 1.54) is 155 Å². The van der Waals surface area contributed by atoms with E-state index in [2.05, 4.69) is 330 Å². The largest absolute Gasteiger partial charge is 0.309 e. The van der Waals surface area contributed by atoms with Crippen LogP contribution in [0.15, 0.2) is 279 Å². The highest BCUT2D eigenvalue weighted by molar-refractivity contribution is 6.29. The number of anilines is 6. The number of para-hydroxylation sites is 2. The number of fused-ring (bicyclic) bond motifs is 6. The molecule has 0 heterocycles. The first-order chi connectivity index (χ1) is 44.2. The molecule has 0 aromatic heterocycles. The Bertz CT molecular complexity index is 4620. The Morgan fingerprint density at radius 1 is 0.278 bits per heavy atom. The van der Waals surface area contributed by atoms with Gasteiger partial charge in [0.25, 0.3) is 0 Å². The molecular formula is C88H72N2. The summed E-state index contributed by atoms with van der Waals surface area (Å²) in [6.45, 7) is 14.1. The lowest BCUT2D eigenvalue weighted by molar-refractivity contribution is 0.766. The van der Waals surface area contributed by atoms with Gasteiger partial charge in [-0.2, -0.15) is 0 Å². The monoisotopic (exact) mass is 1160 g/mol.